The molecule has 0 aromatic heterocycles. The Balaban J connectivity index is 3.01. The first-order valence-corrected chi connectivity index (χ1v) is 7.58. The highest BCUT2D eigenvalue weighted by Crippen LogP contribution is 2.23. The average Bonchev–Trinajstić information content (AvgIpc) is 2.24. The SMILES string of the molecule is CC(C)N(CCBr)C(=O)c1ccc(Cl)cc1Br. The number of hydrogen-bond acceptors (Lipinski definition) is 1. The fourth-order valence-electron chi connectivity index (χ4n) is 1.50. The van der Waals surface area contributed by atoms with Crippen molar-refractivity contribution in [1.29, 1.82) is 0 Å². The van der Waals surface area contributed by atoms with E-state index in [1.165, 1.54) is 0 Å². The maximum Gasteiger partial charge on any atom is 0.255 e. The molecule has 0 saturated carbocycles. The lowest BCUT2D eigenvalue weighted by molar-refractivity contribution is 0.0718. The summed E-state index contributed by atoms with van der Waals surface area (Å²) in [6.45, 7) is 4.69. The molecule has 0 fully saturated rings. The van der Waals surface area contributed by atoms with E-state index in [1.54, 1.807) is 18.2 Å². The van der Waals surface area contributed by atoms with Gasteiger partial charge in [-0.05, 0) is 48.0 Å². The van der Waals surface area contributed by atoms with Crippen molar-refractivity contribution in [2.24, 2.45) is 0 Å². The Hall–Kier alpha value is -0.0600. The Labute approximate surface area is 124 Å². The molecule has 1 amide bonds. The summed E-state index contributed by atoms with van der Waals surface area (Å²) >= 11 is 12.6. The zero-order valence-corrected chi connectivity index (χ0v) is 13.6. The molecule has 0 unspecified atom stereocenters. The van der Waals surface area contributed by atoms with Gasteiger partial charge in [0.15, 0.2) is 0 Å². The highest BCUT2D eigenvalue weighted by Gasteiger charge is 2.20. The van der Waals surface area contributed by atoms with Crippen LogP contribution in [0.2, 0.25) is 5.02 Å². The minimum Gasteiger partial charge on any atom is -0.335 e. The highest BCUT2D eigenvalue weighted by atomic mass is 79.9. The van der Waals surface area contributed by atoms with E-state index in [4.69, 9.17) is 11.6 Å². The van der Waals surface area contributed by atoms with Gasteiger partial charge in [-0.15, -0.1) is 0 Å². The first-order valence-electron chi connectivity index (χ1n) is 5.29. The second kappa shape index (κ2) is 6.76. The van der Waals surface area contributed by atoms with Crippen molar-refractivity contribution >= 4 is 49.4 Å². The quantitative estimate of drug-likeness (QED) is 0.708. The minimum absolute atomic E-state index is 0.0167. The highest BCUT2D eigenvalue weighted by molar-refractivity contribution is 9.10. The molecule has 0 N–H and O–H groups in total. The molecule has 0 aliphatic heterocycles. The molecule has 0 heterocycles. The van der Waals surface area contributed by atoms with Gasteiger partial charge in [0.05, 0.1) is 5.56 Å². The number of carbonyl (C=O) groups is 1. The van der Waals surface area contributed by atoms with Crippen LogP contribution in [0.3, 0.4) is 0 Å². The molecule has 0 aliphatic rings. The predicted molar refractivity (Wildman–Crippen MR) is 79.1 cm³/mol. The summed E-state index contributed by atoms with van der Waals surface area (Å²) in [5.41, 5.74) is 0.643. The topological polar surface area (TPSA) is 20.3 Å². The lowest BCUT2D eigenvalue weighted by Gasteiger charge is -2.26. The van der Waals surface area contributed by atoms with Crippen molar-refractivity contribution in [2.75, 3.05) is 11.9 Å². The van der Waals surface area contributed by atoms with Crippen LogP contribution in [0.25, 0.3) is 0 Å². The van der Waals surface area contributed by atoms with Gasteiger partial charge in [0, 0.05) is 27.4 Å². The number of amides is 1. The van der Waals surface area contributed by atoms with Crippen molar-refractivity contribution in [3.8, 4) is 0 Å². The second-order valence-electron chi connectivity index (χ2n) is 3.91. The number of carbonyl (C=O) groups excluding carboxylic acids is 1. The smallest absolute Gasteiger partial charge is 0.255 e. The number of benzene rings is 1. The monoisotopic (exact) mass is 381 g/mol. The number of alkyl halides is 1. The average molecular weight is 384 g/mol. The maximum atomic E-state index is 12.3. The lowest BCUT2D eigenvalue weighted by atomic mass is 10.1. The zero-order chi connectivity index (χ0) is 13.0. The first-order chi connectivity index (χ1) is 7.97. The third kappa shape index (κ3) is 3.97. The first kappa shape index (κ1) is 15.0. The van der Waals surface area contributed by atoms with Gasteiger partial charge in [0.1, 0.15) is 0 Å². The van der Waals surface area contributed by atoms with E-state index < -0.39 is 0 Å². The van der Waals surface area contributed by atoms with E-state index >= 15 is 0 Å². The Morgan fingerprint density at radius 3 is 2.59 bits per heavy atom. The van der Waals surface area contributed by atoms with E-state index in [1.807, 2.05) is 18.7 Å². The van der Waals surface area contributed by atoms with Crippen LogP contribution in [0.1, 0.15) is 24.2 Å². The molecule has 0 atom stereocenters. The van der Waals surface area contributed by atoms with Crippen LogP contribution < -0.4 is 0 Å². The van der Waals surface area contributed by atoms with Crippen molar-refractivity contribution in [1.82, 2.24) is 4.90 Å². The summed E-state index contributed by atoms with van der Waals surface area (Å²) in [5.74, 6) is 0.0167. The number of halogens is 3. The van der Waals surface area contributed by atoms with Gasteiger partial charge < -0.3 is 4.90 Å². The summed E-state index contributed by atoms with van der Waals surface area (Å²) < 4.78 is 0.732. The Morgan fingerprint density at radius 2 is 2.12 bits per heavy atom. The second-order valence-corrected chi connectivity index (χ2v) is 5.99. The lowest BCUT2D eigenvalue weighted by Crippen LogP contribution is -2.38. The van der Waals surface area contributed by atoms with Crippen LogP contribution >= 0.6 is 43.5 Å². The maximum absolute atomic E-state index is 12.3. The van der Waals surface area contributed by atoms with Gasteiger partial charge in [0.2, 0.25) is 0 Å². The van der Waals surface area contributed by atoms with Gasteiger partial charge in [-0.1, -0.05) is 27.5 Å². The van der Waals surface area contributed by atoms with E-state index in [-0.39, 0.29) is 11.9 Å². The summed E-state index contributed by atoms with van der Waals surface area (Å²) in [5, 5.41) is 1.38. The van der Waals surface area contributed by atoms with Crippen molar-refractivity contribution in [3.63, 3.8) is 0 Å². The van der Waals surface area contributed by atoms with Crippen molar-refractivity contribution < 1.29 is 4.79 Å². The molecule has 17 heavy (non-hydrogen) atoms. The molecule has 2 nitrogen and oxygen atoms in total. The molecule has 0 spiro atoms. The van der Waals surface area contributed by atoms with Crippen LogP contribution in [-0.4, -0.2) is 28.7 Å². The molecular formula is C12H14Br2ClNO. The van der Waals surface area contributed by atoms with E-state index in [9.17, 15) is 4.79 Å². The van der Waals surface area contributed by atoms with Crippen LogP contribution in [0.5, 0.6) is 0 Å². The molecule has 5 heteroatoms. The number of nitrogens with zero attached hydrogens (tertiary/aromatic N) is 1. The van der Waals surface area contributed by atoms with E-state index in [0.717, 1.165) is 9.80 Å². The van der Waals surface area contributed by atoms with E-state index in [0.29, 0.717) is 17.1 Å². The van der Waals surface area contributed by atoms with Crippen LogP contribution in [0.4, 0.5) is 0 Å². The van der Waals surface area contributed by atoms with Gasteiger partial charge in [-0.25, -0.2) is 0 Å². The van der Waals surface area contributed by atoms with Crippen molar-refractivity contribution in [2.45, 2.75) is 19.9 Å². The molecule has 1 rings (SSSR count). The summed E-state index contributed by atoms with van der Waals surface area (Å²) in [6.07, 6.45) is 0. The fourth-order valence-corrected chi connectivity index (χ4v) is 2.74. The summed E-state index contributed by atoms with van der Waals surface area (Å²) in [7, 11) is 0. The zero-order valence-electron chi connectivity index (χ0n) is 9.71. The molecule has 0 radical (unpaired) electrons. The molecular weight excluding hydrogens is 369 g/mol. The van der Waals surface area contributed by atoms with Gasteiger partial charge in [0.25, 0.3) is 5.91 Å². The normalized spacial score (nSPS) is 10.7. The standard InChI is InChI=1S/C12H14Br2ClNO/c1-8(2)16(6-5-13)12(17)10-4-3-9(15)7-11(10)14/h3-4,7-8H,5-6H2,1-2H3. The largest absolute Gasteiger partial charge is 0.335 e. The third-order valence-corrected chi connectivity index (χ3v) is 3.62. The summed E-state index contributed by atoms with van der Waals surface area (Å²) in [4.78, 5) is 14.2. The molecule has 1 aromatic carbocycles. The Kier molecular flexibility index (Phi) is 5.97. The van der Waals surface area contributed by atoms with E-state index in [2.05, 4.69) is 31.9 Å². The molecule has 1 aromatic rings. The van der Waals surface area contributed by atoms with Crippen LogP contribution in [-0.2, 0) is 0 Å². The van der Waals surface area contributed by atoms with Crippen LogP contribution in [0, 0.1) is 0 Å². The Morgan fingerprint density at radius 1 is 1.47 bits per heavy atom. The molecule has 0 saturated heterocycles. The van der Waals surface area contributed by atoms with Crippen LogP contribution in [0.15, 0.2) is 22.7 Å². The predicted octanol–water partition coefficient (Wildman–Crippen LogP) is 4.35. The number of hydrogen-bond donors (Lipinski definition) is 0. The minimum atomic E-state index is 0.0167. The van der Waals surface area contributed by atoms with Crippen molar-refractivity contribution in [3.05, 3.63) is 33.3 Å². The van der Waals surface area contributed by atoms with Gasteiger partial charge in [-0.3, -0.25) is 4.79 Å². The third-order valence-electron chi connectivity index (χ3n) is 2.37. The molecule has 0 aliphatic carbocycles. The molecule has 0 bridgehead atoms. The fraction of sp³-hybridized carbons (Fsp3) is 0.417. The molecule has 94 valence electrons. The van der Waals surface area contributed by atoms with Gasteiger partial charge >= 0.3 is 0 Å². The van der Waals surface area contributed by atoms with Gasteiger partial charge in [-0.2, -0.15) is 0 Å². The Bertz CT molecular complexity index is 409. The summed E-state index contributed by atoms with van der Waals surface area (Å²) in [6, 6.07) is 5.38. The number of rotatable bonds is 4.